The average molecular weight is 302 g/mol. The summed E-state index contributed by atoms with van der Waals surface area (Å²) in [4.78, 5) is 22.1. The van der Waals surface area contributed by atoms with E-state index in [9.17, 15) is 9.59 Å². The molecule has 1 fully saturated rings. The third kappa shape index (κ3) is 3.61. The smallest absolute Gasteiger partial charge is 0.305 e. The minimum atomic E-state index is -0.923. The molecule has 0 heterocycles. The van der Waals surface area contributed by atoms with Gasteiger partial charge in [0.15, 0.2) is 0 Å². The van der Waals surface area contributed by atoms with E-state index in [1.54, 1.807) is 12.1 Å². The van der Waals surface area contributed by atoms with Gasteiger partial charge in [-0.15, -0.1) is 0 Å². The highest BCUT2D eigenvalue weighted by Gasteiger charge is 2.44. The number of hydrogen-bond acceptors (Lipinski definition) is 2. The molecule has 19 heavy (non-hydrogen) atoms. The van der Waals surface area contributed by atoms with Gasteiger partial charge in [-0.05, 0) is 30.0 Å². The van der Waals surface area contributed by atoms with Crippen LogP contribution in [0, 0.1) is 5.92 Å². The molecule has 0 aliphatic heterocycles. The SMILES string of the molecule is O=C(O)CCNC(=O)[C@@H]1C[C@H]1c1ccc(Cl)cc1Cl. The first-order chi connectivity index (χ1) is 8.99. The zero-order chi connectivity index (χ0) is 14.0. The van der Waals surface area contributed by atoms with E-state index < -0.39 is 5.97 Å². The second-order valence-electron chi connectivity index (χ2n) is 4.55. The lowest BCUT2D eigenvalue weighted by Crippen LogP contribution is -2.27. The Hall–Kier alpha value is -1.26. The van der Waals surface area contributed by atoms with Gasteiger partial charge in [-0.2, -0.15) is 0 Å². The van der Waals surface area contributed by atoms with Crippen LogP contribution in [-0.2, 0) is 9.59 Å². The fourth-order valence-corrected chi connectivity index (χ4v) is 2.60. The number of carboxylic acids is 1. The summed E-state index contributed by atoms with van der Waals surface area (Å²) in [5.74, 6) is -1.05. The lowest BCUT2D eigenvalue weighted by Gasteiger charge is -2.05. The van der Waals surface area contributed by atoms with Crippen molar-refractivity contribution >= 4 is 35.1 Å². The molecule has 0 unspecified atom stereocenters. The van der Waals surface area contributed by atoms with E-state index in [1.807, 2.05) is 6.07 Å². The van der Waals surface area contributed by atoms with Crippen LogP contribution < -0.4 is 5.32 Å². The van der Waals surface area contributed by atoms with Gasteiger partial charge in [-0.25, -0.2) is 0 Å². The van der Waals surface area contributed by atoms with E-state index >= 15 is 0 Å². The largest absolute Gasteiger partial charge is 0.481 e. The Kier molecular flexibility index (Phi) is 4.32. The molecular weight excluding hydrogens is 289 g/mol. The lowest BCUT2D eigenvalue weighted by molar-refractivity contribution is -0.136. The number of halogens is 2. The molecule has 1 saturated carbocycles. The Morgan fingerprint density at radius 3 is 2.74 bits per heavy atom. The molecule has 102 valence electrons. The van der Waals surface area contributed by atoms with Gasteiger partial charge in [-0.3, -0.25) is 9.59 Å². The highest BCUT2D eigenvalue weighted by molar-refractivity contribution is 6.35. The Balaban J connectivity index is 1.89. The summed E-state index contributed by atoms with van der Waals surface area (Å²) in [7, 11) is 0. The summed E-state index contributed by atoms with van der Waals surface area (Å²) in [5, 5.41) is 12.2. The Labute approximate surface area is 120 Å². The number of carbonyl (C=O) groups excluding carboxylic acids is 1. The van der Waals surface area contributed by atoms with E-state index in [0.717, 1.165) is 12.0 Å². The minimum Gasteiger partial charge on any atom is -0.481 e. The first-order valence-electron chi connectivity index (χ1n) is 5.93. The molecule has 1 aromatic rings. The molecule has 6 heteroatoms. The fourth-order valence-electron chi connectivity index (χ4n) is 2.05. The fraction of sp³-hybridized carbons (Fsp3) is 0.385. The third-order valence-electron chi connectivity index (χ3n) is 3.13. The summed E-state index contributed by atoms with van der Waals surface area (Å²) in [6.07, 6.45) is 0.672. The van der Waals surface area contributed by atoms with E-state index in [4.69, 9.17) is 28.3 Å². The van der Waals surface area contributed by atoms with E-state index in [0.29, 0.717) is 10.0 Å². The van der Waals surface area contributed by atoms with Crippen LogP contribution in [0.3, 0.4) is 0 Å². The molecule has 1 aliphatic rings. The van der Waals surface area contributed by atoms with Crippen molar-refractivity contribution in [1.29, 1.82) is 0 Å². The molecule has 0 saturated heterocycles. The zero-order valence-corrected chi connectivity index (χ0v) is 11.5. The maximum atomic E-state index is 11.8. The van der Waals surface area contributed by atoms with Gasteiger partial charge in [0.05, 0.1) is 6.42 Å². The number of hydrogen-bond donors (Lipinski definition) is 2. The molecule has 2 rings (SSSR count). The first-order valence-corrected chi connectivity index (χ1v) is 6.69. The molecule has 0 radical (unpaired) electrons. The van der Waals surface area contributed by atoms with Crippen molar-refractivity contribution in [3.63, 3.8) is 0 Å². The molecule has 0 bridgehead atoms. The van der Waals surface area contributed by atoms with Crippen LogP contribution in [0.15, 0.2) is 18.2 Å². The topological polar surface area (TPSA) is 66.4 Å². The van der Waals surface area contributed by atoms with Gasteiger partial charge in [0, 0.05) is 22.5 Å². The van der Waals surface area contributed by atoms with Crippen molar-refractivity contribution in [1.82, 2.24) is 5.32 Å². The lowest BCUT2D eigenvalue weighted by atomic mass is 10.1. The predicted molar refractivity (Wildman–Crippen MR) is 72.6 cm³/mol. The van der Waals surface area contributed by atoms with Gasteiger partial charge < -0.3 is 10.4 Å². The molecule has 1 aromatic carbocycles. The van der Waals surface area contributed by atoms with Crippen LogP contribution in [-0.4, -0.2) is 23.5 Å². The van der Waals surface area contributed by atoms with Crippen molar-refractivity contribution in [2.75, 3.05) is 6.54 Å². The van der Waals surface area contributed by atoms with Crippen molar-refractivity contribution in [2.45, 2.75) is 18.8 Å². The highest BCUT2D eigenvalue weighted by Crippen LogP contribution is 2.49. The van der Waals surface area contributed by atoms with Crippen LogP contribution >= 0.6 is 23.2 Å². The van der Waals surface area contributed by atoms with E-state index in [-0.39, 0.29) is 30.7 Å². The molecule has 4 nitrogen and oxygen atoms in total. The summed E-state index contributed by atoms with van der Waals surface area (Å²) in [6, 6.07) is 5.25. The predicted octanol–water partition coefficient (Wildman–Crippen LogP) is 2.69. The standard InChI is InChI=1S/C13H13Cl2NO3/c14-7-1-2-8(11(15)5-7)9-6-10(9)13(19)16-4-3-12(17)18/h1-2,5,9-10H,3-4,6H2,(H,16,19)(H,17,18)/t9-,10+/m0/s1. The second-order valence-corrected chi connectivity index (χ2v) is 5.39. The van der Waals surface area contributed by atoms with E-state index in [2.05, 4.69) is 5.32 Å². The Bertz CT molecular complexity index is 519. The van der Waals surface area contributed by atoms with Gasteiger partial charge in [0.1, 0.15) is 0 Å². The van der Waals surface area contributed by atoms with Crippen LogP contribution in [0.1, 0.15) is 24.3 Å². The molecule has 1 amide bonds. The summed E-state index contributed by atoms with van der Waals surface area (Å²) in [5.41, 5.74) is 0.921. The zero-order valence-electron chi connectivity index (χ0n) is 10.0. The third-order valence-corrected chi connectivity index (χ3v) is 3.69. The molecule has 2 N–H and O–H groups in total. The van der Waals surface area contributed by atoms with Crippen LogP contribution in [0.25, 0.3) is 0 Å². The maximum Gasteiger partial charge on any atom is 0.305 e. The van der Waals surface area contributed by atoms with Crippen molar-refractivity contribution in [3.05, 3.63) is 33.8 Å². The summed E-state index contributed by atoms with van der Waals surface area (Å²) >= 11 is 11.9. The van der Waals surface area contributed by atoms with Crippen molar-refractivity contribution in [2.24, 2.45) is 5.92 Å². The molecule has 1 aliphatic carbocycles. The Morgan fingerprint density at radius 2 is 2.11 bits per heavy atom. The molecule has 0 spiro atoms. The quantitative estimate of drug-likeness (QED) is 0.879. The van der Waals surface area contributed by atoms with Crippen LogP contribution in [0.4, 0.5) is 0 Å². The molecule has 2 atom stereocenters. The first kappa shape index (κ1) is 14.2. The maximum absolute atomic E-state index is 11.8. The summed E-state index contributed by atoms with van der Waals surface area (Å²) < 4.78 is 0. The molecule has 0 aromatic heterocycles. The van der Waals surface area contributed by atoms with Gasteiger partial charge in [-0.1, -0.05) is 29.3 Å². The van der Waals surface area contributed by atoms with Crippen LogP contribution in [0.2, 0.25) is 10.0 Å². The summed E-state index contributed by atoms with van der Waals surface area (Å²) in [6.45, 7) is 0.158. The van der Waals surface area contributed by atoms with Crippen LogP contribution in [0.5, 0.6) is 0 Å². The number of benzene rings is 1. The number of aliphatic carboxylic acids is 1. The van der Waals surface area contributed by atoms with Crippen molar-refractivity contribution in [3.8, 4) is 0 Å². The number of carbonyl (C=O) groups is 2. The monoisotopic (exact) mass is 301 g/mol. The van der Waals surface area contributed by atoms with E-state index in [1.165, 1.54) is 0 Å². The number of rotatable bonds is 5. The number of nitrogens with one attached hydrogen (secondary N) is 1. The van der Waals surface area contributed by atoms with Gasteiger partial charge in [0.2, 0.25) is 5.91 Å². The number of carboxylic acid groups (broad SMARTS) is 1. The second kappa shape index (κ2) is 5.80. The average Bonchev–Trinajstić information content (AvgIpc) is 3.08. The van der Waals surface area contributed by atoms with Crippen molar-refractivity contribution < 1.29 is 14.7 Å². The van der Waals surface area contributed by atoms with Gasteiger partial charge >= 0.3 is 5.97 Å². The normalized spacial score (nSPS) is 20.9. The minimum absolute atomic E-state index is 0.0647. The van der Waals surface area contributed by atoms with Gasteiger partial charge in [0.25, 0.3) is 0 Å². The Morgan fingerprint density at radius 1 is 1.37 bits per heavy atom. The molecular formula is C13H13Cl2NO3. The number of amides is 1. The highest BCUT2D eigenvalue weighted by atomic mass is 35.5.